The van der Waals surface area contributed by atoms with Gasteiger partial charge >= 0.3 is 0 Å². The Bertz CT molecular complexity index is 1740. The number of nitrogens with one attached hydrogen (secondary N) is 1. The summed E-state index contributed by atoms with van der Waals surface area (Å²) in [6.45, 7) is 1.37. The molecule has 2 N–H and O–H groups in total. The number of hydrogen-bond acceptors (Lipinski definition) is 6. The quantitative estimate of drug-likeness (QED) is 0.329. The van der Waals surface area contributed by atoms with Crippen LogP contribution in [0.15, 0.2) is 67.0 Å². The number of aryl methyl sites for hydroxylation is 1. The summed E-state index contributed by atoms with van der Waals surface area (Å²) in [6, 6.07) is 17.7. The molecule has 0 bridgehead atoms. The van der Waals surface area contributed by atoms with E-state index in [9.17, 15) is 13.5 Å². The molecular formula is C28H29N5O4S. The molecule has 1 unspecified atom stereocenters. The van der Waals surface area contributed by atoms with Gasteiger partial charge in [0.2, 0.25) is 15.9 Å². The minimum Gasteiger partial charge on any atom is -0.492 e. The maximum absolute atomic E-state index is 12.2. The summed E-state index contributed by atoms with van der Waals surface area (Å²) in [6.07, 6.45) is 6.44. The van der Waals surface area contributed by atoms with Crippen molar-refractivity contribution in [1.82, 2.24) is 19.1 Å². The topological polar surface area (TPSA) is 111 Å². The van der Waals surface area contributed by atoms with Crippen molar-refractivity contribution in [3.8, 4) is 17.3 Å². The van der Waals surface area contributed by atoms with Gasteiger partial charge in [0.05, 0.1) is 23.5 Å². The summed E-state index contributed by atoms with van der Waals surface area (Å²) in [5, 5.41) is 11.3. The Hall–Kier alpha value is -3.89. The smallest absolute Gasteiger partial charge is 0.236 e. The van der Waals surface area contributed by atoms with Crippen molar-refractivity contribution >= 4 is 37.6 Å². The van der Waals surface area contributed by atoms with Crippen LogP contribution in [0.1, 0.15) is 24.4 Å². The van der Waals surface area contributed by atoms with Crippen LogP contribution in [-0.4, -0.2) is 52.1 Å². The zero-order chi connectivity index (χ0) is 26.4. The van der Waals surface area contributed by atoms with E-state index < -0.39 is 10.0 Å². The summed E-state index contributed by atoms with van der Waals surface area (Å²) < 4.78 is 36.9. The highest BCUT2D eigenvalue weighted by Crippen LogP contribution is 2.43. The average Bonchev–Trinajstić information content (AvgIpc) is 3.44. The second-order valence-corrected chi connectivity index (χ2v) is 11.6. The lowest BCUT2D eigenvalue weighted by molar-refractivity contribution is 0.0549. The van der Waals surface area contributed by atoms with E-state index in [-0.39, 0.29) is 17.8 Å². The molecule has 0 amide bonds. The molecule has 196 valence electrons. The fourth-order valence-corrected chi connectivity index (χ4v) is 6.26. The highest BCUT2D eigenvalue weighted by Gasteiger charge is 2.32. The lowest BCUT2D eigenvalue weighted by Crippen LogP contribution is -2.27. The SMILES string of the molecule is Cn1cc(-c2nc3c(NS(C)(=O)=O)cccc3n2C(c2ccccc2)C2CCOCC2)c2ccnc(O)c21. The third-order valence-corrected chi connectivity index (χ3v) is 7.85. The van der Waals surface area contributed by atoms with Gasteiger partial charge in [-0.05, 0) is 42.5 Å². The lowest BCUT2D eigenvalue weighted by atomic mass is 9.86. The average molecular weight is 532 g/mol. The van der Waals surface area contributed by atoms with Crippen molar-refractivity contribution < 1.29 is 18.3 Å². The van der Waals surface area contributed by atoms with Gasteiger partial charge in [-0.1, -0.05) is 36.4 Å². The molecule has 9 nitrogen and oxygen atoms in total. The molecule has 4 heterocycles. The Morgan fingerprint density at radius 3 is 2.58 bits per heavy atom. The van der Waals surface area contributed by atoms with E-state index in [1.165, 1.54) is 0 Å². The van der Waals surface area contributed by atoms with Gasteiger partial charge in [0, 0.05) is 43.6 Å². The summed E-state index contributed by atoms with van der Waals surface area (Å²) in [5.74, 6) is 0.917. The second kappa shape index (κ2) is 9.45. The van der Waals surface area contributed by atoms with E-state index in [0.29, 0.717) is 35.8 Å². The Balaban J connectivity index is 1.69. The maximum Gasteiger partial charge on any atom is 0.236 e. The van der Waals surface area contributed by atoms with E-state index in [4.69, 9.17) is 9.72 Å². The number of pyridine rings is 1. The van der Waals surface area contributed by atoms with Gasteiger partial charge in [-0.2, -0.15) is 0 Å². The molecule has 5 aromatic rings. The predicted molar refractivity (Wildman–Crippen MR) is 148 cm³/mol. The fraction of sp³-hybridized carbons (Fsp3) is 0.286. The van der Waals surface area contributed by atoms with Gasteiger partial charge in [-0.25, -0.2) is 18.4 Å². The molecule has 0 spiro atoms. The summed E-state index contributed by atoms with van der Waals surface area (Å²) in [5.41, 5.74) is 4.40. The number of nitrogens with zero attached hydrogens (tertiary/aromatic N) is 4. The van der Waals surface area contributed by atoms with E-state index in [2.05, 4.69) is 26.4 Å². The minimum atomic E-state index is -3.53. The molecular weight excluding hydrogens is 502 g/mol. The van der Waals surface area contributed by atoms with E-state index in [1.807, 2.05) is 54.2 Å². The number of ether oxygens (including phenoxy) is 1. The standard InChI is InChI=1S/C28H29N5O4S/c1-32-17-21(20-11-14-29-28(34)26(20)32)27-30-24-22(31-38(2,35)36)9-6-10-23(24)33(27)25(18-7-4-3-5-8-18)19-12-15-37-16-13-19/h3-11,14,17,19,25,31H,12-13,15-16H2,1-2H3,(H,29,34). The molecule has 0 radical (unpaired) electrons. The molecule has 0 aliphatic carbocycles. The monoisotopic (exact) mass is 531 g/mol. The molecule has 1 aliphatic heterocycles. The molecule has 1 saturated heterocycles. The van der Waals surface area contributed by atoms with E-state index in [1.54, 1.807) is 12.3 Å². The number of rotatable bonds is 6. The largest absolute Gasteiger partial charge is 0.492 e. The fourth-order valence-electron chi connectivity index (χ4n) is 5.70. The van der Waals surface area contributed by atoms with Crippen LogP contribution in [-0.2, 0) is 21.8 Å². The Kier molecular flexibility index (Phi) is 6.08. The maximum atomic E-state index is 12.2. The first-order valence-electron chi connectivity index (χ1n) is 12.6. The van der Waals surface area contributed by atoms with Crippen LogP contribution < -0.4 is 4.72 Å². The van der Waals surface area contributed by atoms with Crippen molar-refractivity contribution in [3.63, 3.8) is 0 Å². The number of fused-ring (bicyclic) bond motifs is 2. The molecule has 1 fully saturated rings. The normalized spacial score (nSPS) is 15.7. The number of benzene rings is 2. The van der Waals surface area contributed by atoms with Crippen LogP contribution in [0.2, 0.25) is 0 Å². The number of anilines is 1. The van der Waals surface area contributed by atoms with Crippen molar-refractivity contribution in [3.05, 3.63) is 72.6 Å². The van der Waals surface area contributed by atoms with Crippen molar-refractivity contribution in [2.75, 3.05) is 24.2 Å². The summed E-state index contributed by atoms with van der Waals surface area (Å²) >= 11 is 0. The first kappa shape index (κ1) is 24.4. The third kappa shape index (κ3) is 4.29. The number of aromatic nitrogens is 4. The van der Waals surface area contributed by atoms with Gasteiger partial charge in [0.15, 0.2) is 0 Å². The zero-order valence-electron chi connectivity index (χ0n) is 21.2. The Morgan fingerprint density at radius 2 is 1.84 bits per heavy atom. The summed E-state index contributed by atoms with van der Waals surface area (Å²) in [7, 11) is -1.66. The molecule has 1 atom stereocenters. The number of imidazole rings is 1. The van der Waals surface area contributed by atoms with Gasteiger partial charge in [-0.3, -0.25) is 4.72 Å². The van der Waals surface area contributed by atoms with Gasteiger partial charge in [0.25, 0.3) is 0 Å². The molecule has 6 rings (SSSR count). The van der Waals surface area contributed by atoms with E-state index >= 15 is 0 Å². The van der Waals surface area contributed by atoms with Crippen molar-refractivity contribution in [2.45, 2.75) is 18.9 Å². The van der Waals surface area contributed by atoms with Gasteiger partial charge in [0.1, 0.15) is 16.9 Å². The summed E-state index contributed by atoms with van der Waals surface area (Å²) in [4.78, 5) is 9.16. The molecule has 38 heavy (non-hydrogen) atoms. The van der Waals surface area contributed by atoms with E-state index in [0.717, 1.165) is 41.1 Å². The van der Waals surface area contributed by atoms with Crippen molar-refractivity contribution in [1.29, 1.82) is 0 Å². The first-order chi connectivity index (χ1) is 18.3. The van der Waals surface area contributed by atoms with Gasteiger partial charge in [-0.15, -0.1) is 0 Å². The predicted octanol–water partition coefficient (Wildman–Crippen LogP) is 4.68. The minimum absolute atomic E-state index is 0.0534. The highest BCUT2D eigenvalue weighted by molar-refractivity contribution is 7.92. The first-order valence-corrected chi connectivity index (χ1v) is 14.5. The molecule has 1 aliphatic rings. The molecule has 2 aromatic carbocycles. The van der Waals surface area contributed by atoms with Crippen LogP contribution in [0.3, 0.4) is 0 Å². The number of sulfonamides is 1. The molecule has 3 aromatic heterocycles. The molecule has 10 heteroatoms. The van der Waals surface area contributed by atoms with Crippen LogP contribution >= 0.6 is 0 Å². The Morgan fingerprint density at radius 1 is 1.08 bits per heavy atom. The number of hydrogen-bond donors (Lipinski definition) is 2. The molecule has 0 saturated carbocycles. The number of para-hydroxylation sites is 1. The van der Waals surface area contributed by atoms with Crippen LogP contribution in [0.4, 0.5) is 5.69 Å². The second-order valence-electron chi connectivity index (χ2n) is 9.84. The third-order valence-electron chi connectivity index (χ3n) is 7.26. The zero-order valence-corrected chi connectivity index (χ0v) is 22.0. The van der Waals surface area contributed by atoms with Crippen LogP contribution in [0.5, 0.6) is 5.88 Å². The lowest BCUT2D eigenvalue weighted by Gasteiger charge is -2.33. The van der Waals surface area contributed by atoms with Crippen LogP contribution in [0.25, 0.3) is 33.3 Å². The Labute approximate surface area is 220 Å². The van der Waals surface area contributed by atoms with Crippen molar-refractivity contribution in [2.24, 2.45) is 13.0 Å². The number of aromatic hydroxyl groups is 1. The van der Waals surface area contributed by atoms with Crippen LogP contribution in [0, 0.1) is 5.92 Å². The highest BCUT2D eigenvalue weighted by atomic mass is 32.2. The van der Waals surface area contributed by atoms with Gasteiger partial charge < -0.3 is 19.0 Å².